The van der Waals surface area contributed by atoms with Crippen molar-refractivity contribution in [1.29, 1.82) is 0 Å². The van der Waals surface area contributed by atoms with Crippen LogP contribution in [0.3, 0.4) is 0 Å². The summed E-state index contributed by atoms with van der Waals surface area (Å²) in [6.45, 7) is 6.13. The highest BCUT2D eigenvalue weighted by atomic mass is 35.5. The molecule has 0 fully saturated rings. The number of rotatable bonds is 8. The predicted molar refractivity (Wildman–Crippen MR) is 114 cm³/mol. The molecule has 152 valence electrons. The maximum Gasteiger partial charge on any atom is 0.250 e. The van der Waals surface area contributed by atoms with Gasteiger partial charge in [-0.1, -0.05) is 37.6 Å². The predicted octanol–water partition coefficient (Wildman–Crippen LogP) is 3.56. The number of nitrogens with zero attached hydrogens (tertiary/aromatic N) is 2. The van der Waals surface area contributed by atoms with Crippen LogP contribution in [0.5, 0.6) is 0 Å². The summed E-state index contributed by atoms with van der Waals surface area (Å²) in [5, 5.41) is 7.00. The molecule has 0 aliphatic carbocycles. The van der Waals surface area contributed by atoms with E-state index in [9.17, 15) is 9.18 Å². The van der Waals surface area contributed by atoms with Crippen molar-refractivity contribution in [3.8, 4) is 0 Å². The van der Waals surface area contributed by atoms with E-state index in [4.69, 9.17) is 11.6 Å². The highest BCUT2D eigenvalue weighted by Gasteiger charge is 2.24. The Balaban J connectivity index is 1.78. The van der Waals surface area contributed by atoms with Crippen LogP contribution in [0, 0.1) is 5.82 Å². The van der Waals surface area contributed by atoms with Crippen molar-refractivity contribution in [1.82, 2.24) is 15.2 Å². The van der Waals surface area contributed by atoms with Crippen LogP contribution in [-0.2, 0) is 12.0 Å². The van der Waals surface area contributed by atoms with Crippen LogP contribution in [0.2, 0.25) is 5.02 Å². The molecule has 0 amide bonds. The van der Waals surface area contributed by atoms with E-state index < -0.39 is 0 Å². The molecule has 0 radical (unpaired) electrons. The van der Waals surface area contributed by atoms with Crippen LogP contribution >= 0.6 is 11.6 Å². The van der Waals surface area contributed by atoms with Gasteiger partial charge in [0.05, 0.1) is 0 Å². The molecule has 0 saturated carbocycles. The highest BCUT2D eigenvalue weighted by Crippen LogP contribution is 2.29. The molecule has 1 aromatic heterocycles. The molecule has 0 bridgehead atoms. The molecule has 2 aromatic rings. The Labute approximate surface area is 170 Å². The summed E-state index contributed by atoms with van der Waals surface area (Å²) < 4.78 is 15.0. The first-order valence-corrected chi connectivity index (χ1v) is 9.77. The number of unbranched alkanes of at least 4 members (excludes halogenated alkanes) is 1. The van der Waals surface area contributed by atoms with Crippen molar-refractivity contribution in [2.24, 2.45) is 4.99 Å². The number of benzene rings is 1. The van der Waals surface area contributed by atoms with Crippen LogP contribution in [0.25, 0.3) is 0 Å². The smallest absolute Gasteiger partial charge is 0.250 e. The lowest BCUT2D eigenvalue weighted by molar-refractivity contribution is 0.505. The molecule has 0 aliphatic rings. The lowest BCUT2D eigenvalue weighted by Crippen LogP contribution is -2.43. The minimum atomic E-state index is -0.340. The lowest BCUT2D eigenvalue weighted by atomic mass is 9.84. The fraction of sp³-hybridized carbons (Fsp3) is 0.429. The summed E-state index contributed by atoms with van der Waals surface area (Å²) in [5.74, 6) is 0.357. The van der Waals surface area contributed by atoms with E-state index in [1.807, 2.05) is 19.9 Å². The van der Waals surface area contributed by atoms with Gasteiger partial charge in [-0.25, -0.2) is 4.39 Å². The molecule has 0 saturated heterocycles. The van der Waals surface area contributed by atoms with Crippen molar-refractivity contribution < 1.29 is 4.39 Å². The fourth-order valence-electron chi connectivity index (χ4n) is 2.92. The summed E-state index contributed by atoms with van der Waals surface area (Å²) in [6.07, 6.45) is 3.61. The zero-order valence-electron chi connectivity index (χ0n) is 16.6. The van der Waals surface area contributed by atoms with E-state index in [-0.39, 0.29) is 16.8 Å². The minimum Gasteiger partial charge on any atom is -0.356 e. The molecule has 0 atom stereocenters. The maximum atomic E-state index is 13.3. The molecule has 28 heavy (non-hydrogen) atoms. The molecule has 0 aliphatic heterocycles. The summed E-state index contributed by atoms with van der Waals surface area (Å²) in [6, 6.07) is 9.66. The second-order valence-electron chi connectivity index (χ2n) is 7.30. The number of aromatic nitrogens is 1. The van der Waals surface area contributed by atoms with Crippen LogP contribution in [0.1, 0.15) is 32.3 Å². The Morgan fingerprint density at radius 1 is 1.21 bits per heavy atom. The van der Waals surface area contributed by atoms with Gasteiger partial charge < -0.3 is 15.2 Å². The number of pyridine rings is 1. The number of aliphatic imine (C=N–C) groups is 1. The average molecular weight is 407 g/mol. The first-order valence-electron chi connectivity index (χ1n) is 9.39. The number of aryl methyl sites for hydroxylation is 1. The Kier molecular flexibility index (Phi) is 8.05. The number of guanidine groups is 1. The van der Waals surface area contributed by atoms with Gasteiger partial charge in [0, 0.05) is 49.4 Å². The lowest BCUT2D eigenvalue weighted by Gasteiger charge is -2.27. The molecule has 7 heteroatoms. The summed E-state index contributed by atoms with van der Waals surface area (Å²) >= 11 is 6.21. The van der Waals surface area contributed by atoms with E-state index in [1.54, 1.807) is 36.0 Å². The van der Waals surface area contributed by atoms with Gasteiger partial charge in [-0.3, -0.25) is 9.79 Å². The van der Waals surface area contributed by atoms with Crippen LogP contribution in [0.4, 0.5) is 4.39 Å². The van der Waals surface area contributed by atoms with Crippen LogP contribution in [-0.4, -0.2) is 30.7 Å². The number of nitrogens with one attached hydrogen (secondary N) is 2. The van der Waals surface area contributed by atoms with E-state index in [2.05, 4.69) is 15.6 Å². The minimum absolute atomic E-state index is 0.0228. The first kappa shape index (κ1) is 22.0. The maximum absolute atomic E-state index is 13.3. The summed E-state index contributed by atoms with van der Waals surface area (Å²) in [4.78, 5) is 15.9. The third-order valence-corrected chi connectivity index (χ3v) is 4.91. The first-order chi connectivity index (χ1) is 13.3. The van der Waals surface area contributed by atoms with E-state index >= 15 is 0 Å². The molecule has 2 rings (SSSR count). The quantitative estimate of drug-likeness (QED) is 0.400. The van der Waals surface area contributed by atoms with Crippen molar-refractivity contribution in [3.05, 3.63) is 69.4 Å². The van der Waals surface area contributed by atoms with Crippen molar-refractivity contribution in [3.63, 3.8) is 0 Å². The van der Waals surface area contributed by atoms with Crippen LogP contribution < -0.4 is 16.2 Å². The highest BCUT2D eigenvalue weighted by molar-refractivity contribution is 6.31. The molecule has 1 aromatic carbocycles. The topological polar surface area (TPSA) is 58.4 Å². The monoisotopic (exact) mass is 406 g/mol. The molecule has 1 heterocycles. The van der Waals surface area contributed by atoms with Crippen molar-refractivity contribution >= 4 is 17.6 Å². The number of hydrogen-bond donors (Lipinski definition) is 2. The van der Waals surface area contributed by atoms with Gasteiger partial charge in [0.1, 0.15) is 5.82 Å². The summed E-state index contributed by atoms with van der Waals surface area (Å²) in [7, 11) is 1.72. The third kappa shape index (κ3) is 6.37. The van der Waals surface area contributed by atoms with Gasteiger partial charge in [0.15, 0.2) is 5.96 Å². The molecular formula is C21H28ClFN4O. The van der Waals surface area contributed by atoms with Gasteiger partial charge in [-0.15, -0.1) is 0 Å². The van der Waals surface area contributed by atoms with Crippen molar-refractivity contribution in [2.45, 2.75) is 38.6 Å². The Hall–Kier alpha value is -2.34. The van der Waals surface area contributed by atoms with Gasteiger partial charge in [-0.2, -0.15) is 0 Å². The van der Waals surface area contributed by atoms with Gasteiger partial charge in [-0.05, 0) is 36.6 Å². The number of hydrogen-bond acceptors (Lipinski definition) is 2. The average Bonchev–Trinajstić information content (AvgIpc) is 2.65. The van der Waals surface area contributed by atoms with Crippen molar-refractivity contribution in [2.75, 3.05) is 20.1 Å². The third-order valence-electron chi connectivity index (χ3n) is 4.60. The Morgan fingerprint density at radius 3 is 2.68 bits per heavy atom. The Bertz CT molecular complexity index is 863. The van der Waals surface area contributed by atoms with E-state index in [1.165, 1.54) is 12.1 Å². The molecule has 2 N–H and O–H groups in total. The summed E-state index contributed by atoms with van der Waals surface area (Å²) in [5.41, 5.74) is 0.609. The molecule has 0 spiro atoms. The normalized spacial score (nSPS) is 12.1. The second-order valence-corrected chi connectivity index (χ2v) is 7.71. The second kappa shape index (κ2) is 10.3. The van der Waals surface area contributed by atoms with Gasteiger partial charge >= 0.3 is 0 Å². The van der Waals surface area contributed by atoms with Gasteiger partial charge in [0.2, 0.25) is 5.56 Å². The van der Waals surface area contributed by atoms with Gasteiger partial charge in [0.25, 0.3) is 0 Å². The zero-order chi connectivity index (χ0) is 20.6. The fourth-order valence-corrected chi connectivity index (χ4v) is 3.34. The molecule has 5 nitrogen and oxygen atoms in total. The van der Waals surface area contributed by atoms with E-state index in [0.29, 0.717) is 24.1 Å². The molecular weight excluding hydrogens is 379 g/mol. The molecule has 0 unspecified atom stereocenters. The SMILES string of the molecule is CN=C(NCCCCn1ccccc1=O)NCC(C)(C)c1ccc(F)cc1Cl. The number of halogens is 2. The standard InChI is InChI=1S/C21H28ClFN4O/c1-21(2,17-10-9-16(23)14-18(17)22)15-26-20(24-3)25-11-5-7-13-27-12-6-4-8-19(27)28/h4,6,8-10,12,14H,5,7,11,13,15H2,1-3H3,(H2,24,25,26). The van der Waals surface area contributed by atoms with E-state index in [0.717, 1.165) is 24.9 Å². The van der Waals surface area contributed by atoms with Crippen LogP contribution in [0.15, 0.2) is 52.4 Å². The largest absolute Gasteiger partial charge is 0.356 e. The zero-order valence-corrected chi connectivity index (χ0v) is 17.4. The Morgan fingerprint density at radius 2 is 2.00 bits per heavy atom.